The van der Waals surface area contributed by atoms with Gasteiger partial charge >= 0.3 is 5.97 Å². The molecule has 6 fully saturated rings. The van der Waals surface area contributed by atoms with Gasteiger partial charge in [-0.1, -0.05) is 34.6 Å². The van der Waals surface area contributed by atoms with Crippen LogP contribution in [0.2, 0.25) is 0 Å². The van der Waals surface area contributed by atoms with Crippen molar-refractivity contribution in [3.8, 4) is 0 Å². The molecular weight excluding hydrogens is 576 g/mol. The maximum absolute atomic E-state index is 14.9. The van der Waals surface area contributed by atoms with Crippen molar-refractivity contribution in [2.75, 3.05) is 6.61 Å². The highest BCUT2D eigenvalue weighted by Gasteiger charge is 2.85. The molecule has 1 N–H and O–H groups in total. The van der Waals surface area contributed by atoms with Crippen LogP contribution in [0, 0.1) is 50.7 Å². The lowest BCUT2D eigenvalue weighted by molar-refractivity contribution is -0.221. The summed E-state index contributed by atoms with van der Waals surface area (Å²) in [6.45, 7) is 15.8. The molecular formula is C36H54O9. The molecule has 0 radical (unpaired) electrons. The summed E-state index contributed by atoms with van der Waals surface area (Å²) in [6, 6.07) is 0. The second-order valence-corrected chi connectivity index (χ2v) is 17.2. The lowest BCUT2D eigenvalue weighted by Gasteiger charge is -2.62. The number of ether oxygens (including phenoxy) is 4. The molecule has 6 aliphatic rings. The van der Waals surface area contributed by atoms with Gasteiger partial charge in [-0.25, -0.2) is 0 Å². The molecule has 13 atom stereocenters. The number of ketones is 1. The second-order valence-electron chi connectivity index (χ2n) is 17.2. The van der Waals surface area contributed by atoms with E-state index in [1.165, 1.54) is 6.92 Å². The zero-order chi connectivity index (χ0) is 33.0. The molecule has 1 saturated heterocycles. The van der Waals surface area contributed by atoms with Crippen LogP contribution >= 0.6 is 0 Å². The number of fused-ring (bicyclic) bond motifs is 4. The van der Waals surface area contributed by atoms with E-state index in [4.69, 9.17) is 18.9 Å². The number of aldehydes is 2. The quantitative estimate of drug-likeness (QED) is 0.217. The molecule has 2 spiro atoms. The molecule has 0 aromatic rings. The number of hydrogen-bond donors (Lipinski definition) is 1. The summed E-state index contributed by atoms with van der Waals surface area (Å²) in [4.78, 5) is 49.4. The molecule has 1 aliphatic heterocycles. The van der Waals surface area contributed by atoms with Crippen molar-refractivity contribution < 1.29 is 43.2 Å². The Bertz CT molecular complexity index is 1240. The van der Waals surface area contributed by atoms with Crippen molar-refractivity contribution in [1.82, 2.24) is 0 Å². The minimum atomic E-state index is -1.31. The van der Waals surface area contributed by atoms with Crippen LogP contribution in [-0.4, -0.2) is 72.3 Å². The van der Waals surface area contributed by atoms with Crippen LogP contribution in [0.15, 0.2) is 0 Å². The Morgan fingerprint density at radius 1 is 1.07 bits per heavy atom. The molecule has 0 bridgehead atoms. The first kappa shape index (κ1) is 33.2. The largest absolute Gasteiger partial charge is 0.457 e. The zero-order valence-corrected chi connectivity index (χ0v) is 28.4. The zero-order valence-electron chi connectivity index (χ0n) is 28.4. The van der Waals surface area contributed by atoms with Gasteiger partial charge in [-0.3, -0.25) is 14.4 Å². The SMILES string of the molecule is CC(=O)O[C@@H](C1C[C@@H](C)[C@H]2C(O1)C(=O)[C@@]1(C)C3CC[C@H]4C(C)(C)[C@@H](O[C@@H](C=O)OCC=O)CC[C@@]45CC35CC[C@]21C)C(C)(C)O. The average Bonchev–Trinajstić information content (AvgIpc) is 3.59. The van der Waals surface area contributed by atoms with Gasteiger partial charge in [0.25, 0.3) is 0 Å². The summed E-state index contributed by atoms with van der Waals surface area (Å²) >= 11 is 0. The van der Waals surface area contributed by atoms with Gasteiger partial charge in [0.05, 0.1) is 17.8 Å². The van der Waals surface area contributed by atoms with Gasteiger partial charge in [-0.15, -0.1) is 0 Å². The molecule has 252 valence electrons. The number of hydrogen-bond acceptors (Lipinski definition) is 9. The molecule has 9 heteroatoms. The van der Waals surface area contributed by atoms with E-state index in [9.17, 15) is 24.3 Å². The second kappa shape index (κ2) is 10.7. The molecule has 5 saturated carbocycles. The Labute approximate surface area is 267 Å². The van der Waals surface area contributed by atoms with Crippen LogP contribution in [-0.2, 0) is 38.1 Å². The topological polar surface area (TPSA) is 125 Å². The van der Waals surface area contributed by atoms with Crippen molar-refractivity contribution >= 4 is 24.3 Å². The number of carbonyl (C=O) groups is 4. The predicted octanol–water partition coefficient (Wildman–Crippen LogP) is 4.84. The van der Waals surface area contributed by atoms with Gasteiger partial charge < -0.3 is 28.8 Å². The van der Waals surface area contributed by atoms with E-state index in [-0.39, 0.29) is 57.9 Å². The van der Waals surface area contributed by atoms with Crippen LogP contribution in [0.25, 0.3) is 0 Å². The molecule has 0 aromatic carbocycles. The maximum Gasteiger partial charge on any atom is 0.303 e. The van der Waals surface area contributed by atoms with Gasteiger partial charge in [-0.2, -0.15) is 0 Å². The number of carbonyl (C=O) groups excluding carboxylic acids is 4. The Kier molecular flexibility index (Phi) is 7.87. The van der Waals surface area contributed by atoms with E-state index in [1.807, 2.05) is 0 Å². The van der Waals surface area contributed by atoms with Crippen LogP contribution < -0.4 is 0 Å². The van der Waals surface area contributed by atoms with E-state index >= 15 is 0 Å². The molecule has 5 aliphatic carbocycles. The lowest BCUT2D eigenvalue weighted by atomic mass is 9.41. The van der Waals surface area contributed by atoms with Crippen LogP contribution in [0.5, 0.6) is 0 Å². The fourth-order valence-electron chi connectivity index (χ4n) is 12.7. The number of esters is 1. The molecule has 6 rings (SSSR count). The third-order valence-corrected chi connectivity index (χ3v) is 14.6. The Hall–Kier alpha value is -1.68. The highest BCUT2D eigenvalue weighted by molar-refractivity contribution is 5.93. The Balaban J connectivity index is 1.28. The minimum Gasteiger partial charge on any atom is -0.457 e. The molecule has 9 nitrogen and oxygen atoms in total. The van der Waals surface area contributed by atoms with Gasteiger partial charge in [0.15, 0.2) is 18.2 Å². The summed E-state index contributed by atoms with van der Waals surface area (Å²) in [6.07, 6.45) is 5.69. The van der Waals surface area contributed by atoms with Crippen molar-refractivity contribution in [3.05, 3.63) is 0 Å². The van der Waals surface area contributed by atoms with E-state index in [0.717, 1.165) is 44.9 Å². The summed E-state index contributed by atoms with van der Waals surface area (Å²) < 4.78 is 23.9. The summed E-state index contributed by atoms with van der Waals surface area (Å²) in [7, 11) is 0. The Morgan fingerprint density at radius 3 is 2.36 bits per heavy atom. The smallest absolute Gasteiger partial charge is 0.303 e. The van der Waals surface area contributed by atoms with Crippen LogP contribution in [0.4, 0.5) is 0 Å². The molecule has 45 heavy (non-hydrogen) atoms. The van der Waals surface area contributed by atoms with Gasteiger partial charge in [0.2, 0.25) is 6.29 Å². The maximum atomic E-state index is 14.9. The van der Waals surface area contributed by atoms with Gasteiger partial charge in [0, 0.05) is 18.3 Å². The first-order valence-electron chi connectivity index (χ1n) is 17.2. The fraction of sp³-hybridized carbons (Fsp3) is 0.889. The van der Waals surface area contributed by atoms with Crippen LogP contribution in [0.3, 0.4) is 0 Å². The summed E-state index contributed by atoms with van der Waals surface area (Å²) in [5, 5.41) is 11.0. The van der Waals surface area contributed by atoms with E-state index in [2.05, 4.69) is 34.6 Å². The Morgan fingerprint density at radius 2 is 1.73 bits per heavy atom. The van der Waals surface area contributed by atoms with Crippen molar-refractivity contribution in [1.29, 1.82) is 0 Å². The number of rotatable bonds is 9. The van der Waals surface area contributed by atoms with E-state index in [1.54, 1.807) is 13.8 Å². The normalized spacial score (nSPS) is 47.6. The third kappa shape index (κ3) is 4.45. The minimum absolute atomic E-state index is 0.0722. The molecule has 1 heterocycles. The molecule has 0 amide bonds. The van der Waals surface area contributed by atoms with Crippen molar-refractivity contribution in [2.45, 2.75) is 143 Å². The van der Waals surface area contributed by atoms with Crippen molar-refractivity contribution in [2.24, 2.45) is 50.7 Å². The molecule has 4 unspecified atom stereocenters. The number of aliphatic hydroxyl groups is 1. The van der Waals surface area contributed by atoms with Gasteiger partial charge in [0.1, 0.15) is 19.0 Å². The summed E-state index contributed by atoms with van der Waals surface area (Å²) in [5.41, 5.74) is -2.00. The number of Topliss-reactive ketones (excluding diaryl/α,β-unsaturated/α-hetero) is 1. The first-order valence-corrected chi connectivity index (χ1v) is 17.2. The monoisotopic (exact) mass is 630 g/mol. The average molecular weight is 631 g/mol. The highest BCUT2D eigenvalue weighted by atomic mass is 16.7. The fourth-order valence-corrected chi connectivity index (χ4v) is 12.7. The van der Waals surface area contributed by atoms with Crippen LogP contribution in [0.1, 0.15) is 107 Å². The van der Waals surface area contributed by atoms with Crippen molar-refractivity contribution in [3.63, 3.8) is 0 Å². The first-order chi connectivity index (χ1) is 20.9. The predicted molar refractivity (Wildman–Crippen MR) is 164 cm³/mol. The molecule has 0 aromatic heterocycles. The highest BCUT2D eigenvalue weighted by Crippen LogP contribution is 2.89. The summed E-state index contributed by atoms with van der Waals surface area (Å²) in [5.74, 6) is 0.636. The lowest BCUT2D eigenvalue weighted by Crippen LogP contribution is -2.59. The van der Waals surface area contributed by atoms with Gasteiger partial charge in [-0.05, 0) is 105 Å². The van der Waals surface area contributed by atoms with E-state index < -0.39 is 41.6 Å². The van der Waals surface area contributed by atoms with E-state index in [0.29, 0.717) is 24.9 Å². The third-order valence-electron chi connectivity index (χ3n) is 14.6. The standard InChI is InChI=1S/C36H54O9/c1-20-17-22(30(32(5,6)41)43-21(2)39)44-28-27(20)33(7)13-14-36-19-35(36)12-11-25(45-26(18-38)42-16-15-37)31(3,4)23(35)9-10-24(36)34(33,8)29(28)40/h15,18,20,22-28,30,41H,9-14,16-17,19H2,1-8H3/t20-,22?,23+,24?,25+,26+,27+,28?,30+,33-,34-,35-,36?/m1/s1.